The molecule has 25 heavy (non-hydrogen) atoms. The van der Waals surface area contributed by atoms with E-state index in [1.807, 2.05) is 0 Å². The molecule has 0 fully saturated rings. The molecule has 0 spiro atoms. The number of rotatable bonds is 17. The van der Waals surface area contributed by atoms with E-state index >= 15 is 0 Å². The van der Waals surface area contributed by atoms with Crippen molar-refractivity contribution in [2.45, 2.75) is 130 Å². The molecule has 0 radical (unpaired) electrons. The van der Waals surface area contributed by atoms with Crippen molar-refractivity contribution in [1.29, 1.82) is 0 Å². The Morgan fingerprint density at radius 3 is 1.20 bits per heavy atom. The number of aliphatic hydroxyl groups is 2. The van der Waals surface area contributed by atoms with E-state index in [2.05, 4.69) is 27.7 Å². The third-order valence-corrected chi connectivity index (χ3v) is 4.65. The van der Waals surface area contributed by atoms with Gasteiger partial charge in [-0.3, -0.25) is 0 Å². The SMILES string of the molecule is CCCCCCCC(CC)OC(CC)CCCCCCC.OCCO. The highest BCUT2D eigenvalue weighted by Crippen LogP contribution is 2.18. The fourth-order valence-corrected chi connectivity index (χ4v) is 2.96. The van der Waals surface area contributed by atoms with Crippen LogP contribution in [0.2, 0.25) is 0 Å². The van der Waals surface area contributed by atoms with Crippen LogP contribution in [0.1, 0.15) is 118 Å². The maximum Gasteiger partial charge on any atom is 0.0662 e. The molecule has 3 nitrogen and oxygen atoms in total. The van der Waals surface area contributed by atoms with Crippen LogP contribution in [0.15, 0.2) is 0 Å². The summed E-state index contributed by atoms with van der Waals surface area (Å²) in [5.41, 5.74) is 0. The van der Waals surface area contributed by atoms with Gasteiger partial charge in [-0.05, 0) is 25.7 Å². The molecule has 0 heterocycles. The van der Waals surface area contributed by atoms with Crippen molar-refractivity contribution in [3.63, 3.8) is 0 Å². The highest BCUT2D eigenvalue weighted by Gasteiger charge is 2.13. The minimum absolute atomic E-state index is 0.125. The van der Waals surface area contributed by atoms with Crippen LogP contribution in [0.5, 0.6) is 0 Å². The molecule has 2 unspecified atom stereocenters. The Balaban J connectivity index is 0. The lowest BCUT2D eigenvalue weighted by atomic mass is 10.0. The minimum Gasteiger partial charge on any atom is -0.394 e. The van der Waals surface area contributed by atoms with Gasteiger partial charge in [0.05, 0.1) is 25.4 Å². The van der Waals surface area contributed by atoms with Crippen LogP contribution in [0.25, 0.3) is 0 Å². The van der Waals surface area contributed by atoms with E-state index in [4.69, 9.17) is 14.9 Å². The van der Waals surface area contributed by atoms with Gasteiger partial charge in [-0.1, -0.05) is 91.9 Å². The predicted molar refractivity (Wildman–Crippen MR) is 110 cm³/mol. The van der Waals surface area contributed by atoms with Crippen molar-refractivity contribution in [3.8, 4) is 0 Å². The average molecular weight is 361 g/mol. The Kier molecular flexibility index (Phi) is 25.9. The molecule has 0 amide bonds. The molecule has 3 heteroatoms. The molecule has 0 aliphatic rings. The third kappa shape index (κ3) is 21.8. The second kappa shape index (κ2) is 23.9. The van der Waals surface area contributed by atoms with Crippen molar-refractivity contribution >= 4 is 0 Å². The molecular formula is C22H48O3. The molecule has 0 bridgehead atoms. The quantitative estimate of drug-likeness (QED) is 0.301. The zero-order valence-electron chi connectivity index (χ0n) is 17.8. The Hall–Kier alpha value is -0.120. The molecule has 2 atom stereocenters. The van der Waals surface area contributed by atoms with Crippen molar-refractivity contribution in [2.75, 3.05) is 13.2 Å². The van der Waals surface area contributed by atoms with Crippen LogP contribution in [0, 0.1) is 0 Å². The van der Waals surface area contributed by atoms with Crippen LogP contribution >= 0.6 is 0 Å². The van der Waals surface area contributed by atoms with Gasteiger partial charge in [0.1, 0.15) is 0 Å². The molecule has 0 rings (SSSR count). The van der Waals surface area contributed by atoms with E-state index in [1.165, 1.54) is 89.9 Å². The van der Waals surface area contributed by atoms with E-state index in [0.29, 0.717) is 12.2 Å². The summed E-state index contributed by atoms with van der Waals surface area (Å²) in [5, 5.41) is 15.2. The first-order valence-electron chi connectivity index (χ1n) is 11.1. The van der Waals surface area contributed by atoms with E-state index in [0.717, 1.165) is 0 Å². The predicted octanol–water partition coefficient (Wildman–Crippen LogP) is 6.25. The maximum atomic E-state index is 7.62. The van der Waals surface area contributed by atoms with Gasteiger partial charge in [-0.25, -0.2) is 0 Å². The molecule has 0 aromatic rings. The van der Waals surface area contributed by atoms with Gasteiger partial charge < -0.3 is 14.9 Å². The summed E-state index contributed by atoms with van der Waals surface area (Å²) in [6.07, 6.45) is 19.7. The Bertz CT molecular complexity index is 199. The molecule has 0 saturated carbocycles. The van der Waals surface area contributed by atoms with E-state index in [1.54, 1.807) is 0 Å². The topological polar surface area (TPSA) is 49.7 Å². The summed E-state index contributed by atoms with van der Waals surface area (Å²) >= 11 is 0. The smallest absolute Gasteiger partial charge is 0.0662 e. The monoisotopic (exact) mass is 360 g/mol. The number of ether oxygens (including phenoxy) is 1. The first-order valence-corrected chi connectivity index (χ1v) is 11.1. The maximum absolute atomic E-state index is 7.62. The van der Waals surface area contributed by atoms with Gasteiger partial charge in [0.2, 0.25) is 0 Å². The van der Waals surface area contributed by atoms with Gasteiger partial charge in [-0.15, -0.1) is 0 Å². The van der Waals surface area contributed by atoms with Gasteiger partial charge in [0.25, 0.3) is 0 Å². The lowest BCUT2D eigenvalue weighted by Crippen LogP contribution is -2.21. The molecule has 0 aromatic carbocycles. The number of unbranched alkanes of at least 4 members (excludes halogenated alkanes) is 8. The molecule has 0 aliphatic heterocycles. The Labute approximate surface area is 158 Å². The fourth-order valence-electron chi connectivity index (χ4n) is 2.96. The molecular weight excluding hydrogens is 312 g/mol. The second-order valence-electron chi connectivity index (χ2n) is 7.05. The number of aliphatic hydroxyl groups excluding tert-OH is 2. The van der Waals surface area contributed by atoms with Gasteiger partial charge in [0, 0.05) is 0 Å². The summed E-state index contributed by atoms with van der Waals surface area (Å²) in [5.74, 6) is 0. The van der Waals surface area contributed by atoms with Crippen LogP contribution in [-0.4, -0.2) is 35.6 Å². The molecule has 0 aromatic heterocycles. The van der Waals surface area contributed by atoms with Crippen LogP contribution in [-0.2, 0) is 4.74 Å². The zero-order valence-corrected chi connectivity index (χ0v) is 17.8. The summed E-state index contributed by atoms with van der Waals surface area (Å²) in [4.78, 5) is 0. The summed E-state index contributed by atoms with van der Waals surface area (Å²) in [6, 6.07) is 0. The first-order chi connectivity index (χ1) is 12.2. The number of hydrogen-bond acceptors (Lipinski definition) is 3. The van der Waals surface area contributed by atoms with E-state index < -0.39 is 0 Å². The zero-order chi connectivity index (χ0) is 19.2. The highest BCUT2D eigenvalue weighted by molar-refractivity contribution is 4.63. The summed E-state index contributed by atoms with van der Waals surface area (Å²) in [6.45, 7) is 8.88. The minimum atomic E-state index is -0.125. The van der Waals surface area contributed by atoms with Crippen molar-refractivity contribution in [1.82, 2.24) is 0 Å². The average Bonchev–Trinajstić information content (AvgIpc) is 2.65. The van der Waals surface area contributed by atoms with Crippen molar-refractivity contribution in [3.05, 3.63) is 0 Å². The summed E-state index contributed by atoms with van der Waals surface area (Å²) in [7, 11) is 0. The van der Waals surface area contributed by atoms with Crippen LogP contribution in [0.4, 0.5) is 0 Å². The third-order valence-electron chi connectivity index (χ3n) is 4.65. The van der Waals surface area contributed by atoms with Gasteiger partial charge in [-0.2, -0.15) is 0 Å². The lowest BCUT2D eigenvalue weighted by molar-refractivity contribution is -0.0257. The summed E-state index contributed by atoms with van der Waals surface area (Å²) < 4.78 is 6.36. The highest BCUT2D eigenvalue weighted by atomic mass is 16.5. The molecule has 0 saturated heterocycles. The largest absolute Gasteiger partial charge is 0.394 e. The fraction of sp³-hybridized carbons (Fsp3) is 1.00. The Morgan fingerprint density at radius 1 is 0.560 bits per heavy atom. The number of hydrogen-bond donors (Lipinski definition) is 2. The van der Waals surface area contributed by atoms with E-state index in [-0.39, 0.29) is 13.2 Å². The molecule has 2 N–H and O–H groups in total. The molecule has 154 valence electrons. The second-order valence-corrected chi connectivity index (χ2v) is 7.05. The van der Waals surface area contributed by atoms with Crippen molar-refractivity contribution in [2.24, 2.45) is 0 Å². The first kappa shape index (κ1) is 27.1. The van der Waals surface area contributed by atoms with Crippen molar-refractivity contribution < 1.29 is 14.9 Å². The van der Waals surface area contributed by atoms with Gasteiger partial charge in [0.15, 0.2) is 0 Å². The normalized spacial score (nSPS) is 13.2. The van der Waals surface area contributed by atoms with E-state index in [9.17, 15) is 0 Å². The van der Waals surface area contributed by atoms with Crippen LogP contribution in [0.3, 0.4) is 0 Å². The van der Waals surface area contributed by atoms with Gasteiger partial charge >= 0.3 is 0 Å². The molecule has 0 aliphatic carbocycles. The lowest BCUT2D eigenvalue weighted by Gasteiger charge is -2.23. The van der Waals surface area contributed by atoms with Crippen LogP contribution < -0.4 is 0 Å². The standard InChI is InChI=1S/C20H42O.C2H6O2/c1-5-9-11-13-15-17-19(7-3)21-20(8-4)18-16-14-12-10-6-2;3-1-2-4/h19-20H,5-18H2,1-4H3;3-4H,1-2H2. The Morgan fingerprint density at radius 2 is 0.920 bits per heavy atom.